The molecule has 0 saturated carbocycles. The summed E-state index contributed by atoms with van der Waals surface area (Å²) in [6.07, 6.45) is 3.39. The van der Waals surface area contributed by atoms with Crippen molar-refractivity contribution in [3.63, 3.8) is 0 Å². The van der Waals surface area contributed by atoms with Gasteiger partial charge in [-0.05, 0) is 48.5 Å². The van der Waals surface area contributed by atoms with Crippen LogP contribution < -0.4 is 9.64 Å². The molecule has 4 rings (SSSR count). The topological polar surface area (TPSA) is 53.1 Å². The molecule has 0 spiro atoms. The van der Waals surface area contributed by atoms with E-state index in [4.69, 9.17) is 16.3 Å². The minimum atomic E-state index is -0.267. The number of benzene rings is 2. The fraction of sp³-hybridized carbons (Fsp3) is 0.280. The molecule has 8 heteroatoms. The van der Waals surface area contributed by atoms with Crippen LogP contribution in [0.3, 0.4) is 0 Å². The van der Waals surface area contributed by atoms with Gasteiger partial charge in [-0.3, -0.25) is 19.4 Å². The van der Waals surface area contributed by atoms with Crippen molar-refractivity contribution in [2.24, 2.45) is 0 Å². The SMILES string of the molecule is C=CCOc1ccccc1C=C1SC(=O)N(CN2CCN(c3ccc(C)c(Cl)c3)CC2)C1=O. The first-order chi connectivity index (χ1) is 16.0. The van der Waals surface area contributed by atoms with Crippen LogP contribution in [0.25, 0.3) is 6.08 Å². The minimum absolute atomic E-state index is 0.247. The maximum Gasteiger partial charge on any atom is 0.294 e. The Balaban J connectivity index is 1.39. The minimum Gasteiger partial charge on any atom is -0.489 e. The first kappa shape index (κ1) is 23.4. The Hall–Kier alpha value is -2.74. The van der Waals surface area contributed by atoms with E-state index in [0.717, 1.165) is 59.8 Å². The van der Waals surface area contributed by atoms with E-state index in [1.54, 1.807) is 12.2 Å². The zero-order valence-corrected chi connectivity index (χ0v) is 20.1. The number of ether oxygens (including phenoxy) is 1. The number of thioether (sulfide) groups is 1. The predicted octanol–water partition coefficient (Wildman–Crippen LogP) is 5.03. The van der Waals surface area contributed by atoms with Crippen molar-refractivity contribution in [3.8, 4) is 5.75 Å². The van der Waals surface area contributed by atoms with Crippen molar-refractivity contribution >= 4 is 46.3 Å². The van der Waals surface area contributed by atoms with Crippen LogP contribution in [-0.2, 0) is 4.79 Å². The molecule has 0 radical (unpaired) electrons. The lowest BCUT2D eigenvalue weighted by molar-refractivity contribution is -0.124. The molecule has 172 valence electrons. The average Bonchev–Trinajstić information content (AvgIpc) is 3.08. The molecule has 0 unspecified atom stereocenters. The van der Waals surface area contributed by atoms with Crippen LogP contribution in [0.1, 0.15) is 11.1 Å². The first-order valence-electron chi connectivity index (χ1n) is 10.8. The Morgan fingerprint density at radius 1 is 1.12 bits per heavy atom. The highest BCUT2D eigenvalue weighted by Crippen LogP contribution is 2.34. The van der Waals surface area contributed by atoms with Gasteiger partial charge in [-0.15, -0.1) is 0 Å². The summed E-state index contributed by atoms with van der Waals surface area (Å²) in [7, 11) is 0. The smallest absolute Gasteiger partial charge is 0.294 e. The van der Waals surface area contributed by atoms with Gasteiger partial charge in [0, 0.05) is 42.5 Å². The van der Waals surface area contributed by atoms with Crippen molar-refractivity contribution in [2.75, 3.05) is 44.4 Å². The number of nitrogens with zero attached hydrogens (tertiary/aromatic N) is 3. The highest BCUT2D eigenvalue weighted by Gasteiger charge is 2.36. The zero-order valence-electron chi connectivity index (χ0n) is 18.5. The number of carbonyl (C=O) groups excluding carboxylic acids is 2. The lowest BCUT2D eigenvalue weighted by Gasteiger charge is -2.37. The van der Waals surface area contributed by atoms with Gasteiger partial charge in [0.1, 0.15) is 12.4 Å². The number of carbonyl (C=O) groups is 2. The normalized spacial score (nSPS) is 18.3. The quantitative estimate of drug-likeness (QED) is 0.406. The summed E-state index contributed by atoms with van der Waals surface area (Å²) in [5, 5.41) is 0.513. The van der Waals surface area contributed by atoms with E-state index >= 15 is 0 Å². The third-order valence-corrected chi connectivity index (χ3v) is 6.98. The number of halogens is 1. The van der Waals surface area contributed by atoms with Crippen LogP contribution >= 0.6 is 23.4 Å². The number of imide groups is 1. The van der Waals surface area contributed by atoms with E-state index in [2.05, 4.69) is 22.4 Å². The van der Waals surface area contributed by atoms with Gasteiger partial charge < -0.3 is 9.64 Å². The Labute approximate surface area is 203 Å². The molecular weight excluding hydrogens is 458 g/mol. The van der Waals surface area contributed by atoms with Crippen molar-refractivity contribution in [1.29, 1.82) is 0 Å². The van der Waals surface area contributed by atoms with E-state index in [0.29, 0.717) is 23.9 Å². The van der Waals surface area contributed by atoms with Crippen molar-refractivity contribution < 1.29 is 14.3 Å². The third-order valence-electron chi connectivity index (χ3n) is 5.67. The third kappa shape index (κ3) is 5.43. The summed E-state index contributed by atoms with van der Waals surface area (Å²) in [5.41, 5.74) is 2.91. The van der Waals surface area contributed by atoms with Crippen molar-refractivity contribution in [1.82, 2.24) is 9.80 Å². The summed E-state index contributed by atoms with van der Waals surface area (Å²) < 4.78 is 5.66. The molecule has 2 aliphatic rings. The number of hydrogen-bond donors (Lipinski definition) is 0. The number of hydrogen-bond acceptors (Lipinski definition) is 6. The predicted molar refractivity (Wildman–Crippen MR) is 135 cm³/mol. The van der Waals surface area contributed by atoms with Gasteiger partial charge in [-0.1, -0.05) is 48.5 Å². The zero-order chi connectivity index (χ0) is 23.4. The molecule has 2 aromatic carbocycles. The van der Waals surface area contributed by atoms with E-state index in [1.165, 1.54) is 4.90 Å². The molecule has 2 saturated heterocycles. The van der Waals surface area contributed by atoms with E-state index in [9.17, 15) is 9.59 Å². The molecular formula is C25H26ClN3O3S. The maximum atomic E-state index is 13.0. The second kappa shape index (κ2) is 10.5. The van der Waals surface area contributed by atoms with E-state index < -0.39 is 0 Å². The number of para-hydroxylation sites is 1. The van der Waals surface area contributed by atoms with Crippen LogP contribution in [0.5, 0.6) is 5.75 Å². The van der Waals surface area contributed by atoms with Crippen LogP contribution in [0.2, 0.25) is 5.02 Å². The molecule has 0 N–H and O–H groups in total. The molecule has 2 fully saturated rings. The molecule has 0 aliphatic carbocycles. The highest BCUT2D eigenvalue weighted by molar-refractivity contribution is 8.18. The number of rotatable bonds is 7. The van der Waals surface area contributed by atoms with Gasteiger partial charge in [0.05, 0.1) is 11.6 Å². The van der Waals surface area contributed by atoms with Crippen LogP contribution in [0, 0.1) is 6.92 Å². The fourth-order valence-electron chi connectivity index (χ4n) is 3.77. The van der Waals surface area contributed by atoms with Crippen LogP contribution in [0.4, 0.5) is 10.5 Å². The second-order valence-corrected chi connectivity index (χ2v) is 9.33. The van der Waals surface area contributed by atoms with Crippen LogP contribution in [0.15, 0.2) is 60.0 Å². The molecule has 2 amide bonds. The summed E-state index contributed by atoms with van der Waals surface area (Å²) >= 11 is 7.24. The number of aryl methyl sites for hydroxylation is 1. The summed E-state index contributed by atoms with van der Waals surface area (Å²) in [6, 6.07) is 13.5. The Morgan fingerprint density at radius 3 is 2.61 bits per heavy atom. The fourth-order valence-corrected chi connectivity index (χ4v) is 4.77. The molecule has 2 aliphatic heterocycles. The lowest BCUT2D eigenvalue weighted by atomic mass is 10.2. The second-order valence-electron chi connectivity index (χ2n) is 7.93. The first-order valence-corrected chi connectivity index (χ1v) is 12.0. The Bertz CT molecular complexity index is 1100. The molecule has 2 heterocycles. The highest BCUT2D eigenvalue weighted by atomic mass is 35.5. The number of anilines is 1. The Kier molecular flexibility index (Phi) is 7.42. The Morgan fingerprint density at radius 2 is 1.88 bits per heavy atom. The number of piperazine rings is 1. The monoisotopic (exact) mass is 483 g/mol. The summed E-state index contributed by atoms with van der Waals surface area (Å²) in [6.45, 7) is 9.43. The molecule has 0 aromatic heterocycles. The summed E-state index contributed by atoms with van der Waals surface area (Å²) in [5.74, 6) is 0.382. The van der Waals surface area contributed by atoms with Gasteiger partial charge in [0.2, 0.25) is 0 Å². The van der Waals surface area contributed by atoms with E-state index in [1.807, 2.05) is 43.3 Å². The van der Waals surface area contributed by atoms with Gasteiger partial charge in [0.15, 0.2) is 0 Å². The summed E-state index contributed by atoms with van der Waals surface area (Å²) in [4.78, 5) is 31.7. The molecule has 33 heavy (non-hydrogen) atoms. The standard InChI is InChI=1S/C25H26ClN3O3S/c1-3-14-32-22-7-5-4-6-19(22)15-23-24(30)29(25(31)33-23)17-27-10-12-28(13-11-27)20-9-8-18(2)21(26)16-20/h3-9,15-16H,1,10-14,17H2,2H3. The lowest BCUT2D eigenvalue weighted by Crippen LogP contribution is -2.50. The van der Waals surface area contributed by atoms with Gasteiger partial charge >= 0.3 is 0 Å². The van der Waals surface area contributed by atoms with Crippen LogP contribution in [-0.4, -0.2) is 60.4 Å². The maximum absolute atomic E-state index is 13.0. The van der Waals surface area contributed by atoms with Crippen molar-refractivity contribution in [2.45, 2.75) is 6.92 Å². The molecule has 0 bridgehead atoms. The number of amides is 2. The van der Waals surface area contributed by atoms with Gasteiger partial charge in [-0.25, -0.2) is 0 Å². The van der Waals surface area contributed by atoms with Gasteiger partial charge in [-0.2, -0.15) is 0 Å². The van der Waals surface area contributed by atoms with E-state index in [-0.39, 0.29) is 11.1 Å². The molecule has 0 atom stereocenters. The molecule has 6 nitrogen and oxygen atoms in total. The van der Waals surface area contributed by atoms with Gasteiger partial charge in [0.25, 0.3) is 11.1 Å². The molecule has 2 aromatic rings. The average molecular weight is 484 g/mol. The van der Waals surface area contributed by atoms with Crippen molar-refractivity contribution in [3.05, 3.63) is 76.2 Å². The largest absolute Gasteiger partial charge is 0.489 e.